The van der Waals surface area contributed by atoms with Crippen LogP contribution in [0.4, 0.5) is 0 Å². The zero-order valence-corrected chi connectivity index (χ0v) is 10.2. The summed E-state index contributed by atoms with van der Waals surface area (Å²) in [5, 5.41) is 9.51. The summed E-state index contributed by atoms with van der Waals surface area (Å²) >= 11 is 0. The molecule has 0 aliphatic rings. The van der Waals surface area contributed by atoms with Crippen LogP contribution < -0.4 is 5.32 Å². The second-order valence-electron chi connectivity index (χ2n) is 4.06. The molecular weight excluding hydrogens is 204 g/mol. The van der Waals surface area contributed by atoms with Crippen molar-refractivity contribution in [1.82, 2.24) is 20.4 Å². The van der Waals surface area contributed by atoms with E-state index in [0.29, 0.717) is 6.54 Å². The van der Waals surface area contributed by atoms with Crippen LogP contribution in [-0.2, 0) is 11.3 Å². The summed E-state index contributed by atoms with van der Waals surface area (Å²) in [6.07, 6.45) is 1.68. The number of aromatic amines is 1. The highest BCUT2D eigenvalue weighted by atomic mass is 16.1. The number of carbonyl (C=O) groups excluding carboxylic acids is 1. The number of nitrogens with zero attached hydrogens (tertiary/aromatic N) is 2. The molecule has 5 nitrogen and oxygen atoms in total. The topological polar surface area (TPSA) is 61.0 Å². The Morgan fingerprint density at radius 1 is 1.69 bits per heavy atom. The van der Waals surface area contributed by atoms with Crippen molar-refractivity contribution < 1.29 is 4.79 Å². The smallest absolute Gasteiger partial charge is 0.224 e. The van der Waals surface area contributed by atoms with Gasteiger partial charge < -0.3 is 10.2 Å². The quantitative estimate of drug-likeness (QED) is 0.744. The Morgan fingerprint density at radius 3 is 3.00 bits per heavy atom. The molecule has 5 heteroatoms. The van der Waals surface area contributed by atoms with Crippen LogP contribution in [0.3, 0.4) is 0 Å². The Kier molecular flexibility index (Phi) is 4.98. The van der Waals surface area contributed by atoms with Crippen molar-refractivity contribution in [2.24, 2.45) is 5.92 Å². The van der Waals surface area contributed by atoms with Crippen molar-refractivity contribution in [2.75, 3.05) is 20.1 Å². The van der Waals surface area contributed by atoms with Crippen molar-refractivity contribution in [2.45, 2.75) is 20.4 Å². The largest absolute Gasteiger partial charge is 0.350 e. The van der Waals surface area contributed by atoms with Gasteiger partial charge in [-0.05, 0) is 19.7 Å². The average molecular weight is 224 g/mol. The number of nitrogens with one attached hydrogen (secondary N) is 2. The van der Waals surface area contributed by atoms with Gasteiger partial charge in [-0.25, -0.2) is 0 Å². The van der Waals surface area contributed by atoms with E-state index in [-0.39, 0.29) is 11.8 Å². The van der Waals surface area contributed by atoms with Gasteiger partial charge in [0.25, 0.3) is 0 Å². The first kappa shape index (κ1) is 12.7. The molecule has 1 heterocycles. The highest BCUT2D eigenvalue weighted by molar-refractivity contribution is 5.78. The lowest BCUT2D eigenvalue weighted by atomic mass is 10.1. The van der Waals surface area contributed by atoms with Crippen LogP contribution in [0.1, 0.15) is 19.5 Å². The number of carbonyl (C=O) groups is 1. The first-order valence-corrected chi connectivity index (χ1v) is 5.58. The molecule has 2 N–H and O–H groups in total. The zero-order chi connectivity index (χ0) is 12.0. The van der Waals surface area contributed by atoms with Gasteiger partial charge in [0, 0.05) is 18.7 Å². The Balaban J connectivity index is 2.29. The fraction of sp³-hybridized carbons (Fsp3) is 0.636. The Labute approximate surface area is 96.2 Å². The van der Waals surface area contributed by atoms with E-state index in [0.717, 1.165) is 18.8 Å². The third kappa shape index (κ3) is 4.02. The highest BCUT2D eigenvalue weighted by Gasteiger charge is 2.13. The minimum absolute atomic E-state index is 0.00729. The lowest BCUT2D eigenvalue weighted by molar-refractivity contribution is -0.125. The van der Waals surface area contributed by atoms with E-state index in [4.69, 9.17) is 0 Å². The molecule has 0 fully saturated rings. The molecule has 0 aliphatic carbocycles. The van der Waals surface area contributed by atoms with E-state index in [1.54, 1.807) is 6.20 Å². The van der Waals surface area contributed by atoms with Crippen LogP contribution in [0.2, 0.25) is 0 Å². The van der Waals surface area contributed by atoms with Crippen LogP contribution in [0.25, 0.3) is 0 Å². The van der Waals surface area contributed by atoms with E-state index in [1.165, 1.54) is 0 Å². The Morgan fingerprint density at radius 2 is 2.44 bits per heavy atom. The van der Waals surface area contributed by atoms with Gasteiger partial charge >= 0.3 is 0 Å². The molecule has 0 saturated carbocycles. The molecular formula is C11H20N4O. The summed E-state index contributed by atoms with van der Waals surface area (Å²) in [6, 6.07) is 1.85. The Hall–Kier alpha value is -1.36. The SMILES string of the molecule is CCN(C)C[C@@H](C)C(=O)NCc1ccn[nH]1. The van der Waals surface area contributed by atoms with Gasteiger partial charge in [0.05, 0.1) is 12.2 Å². The number of amides is 1. The molecule has 0 bridgehead atoms. The van der Waals surface area contributed by atoms with Crippen LogP contribution >= 0.6 is 0 Å². The number of H-pyrrole nitrogens is 1. The van der Waals surface area contributed by atoms with Crippen molar-refractivity contribution in [1.29, 1.82) is 0 Å². The van der Waals surface area contributed by atoms with E-state index < -0.39 is 0 Å². The summed E-state index contributed by atoms with van der Waals surface area (Å²) < 4.78 is 0. The minimum atomic E-state index is 0.00729. The second kappa shape index (κ2) is 6.27. The zero-order valence-electron chi connectivity index (χ0n) is 10.2. The van der Waals surface area contributed by atoms with E-state index in [2.05, 4.69) is 27.3 Å². The van der Waals surface area contributed by atoms with Gasteiger partial charge in [0.1, 0.15) is 0 Å². The van der Waals surface area contributed by atoms with Gasteiger partial charge in [-0.3, -0.25) is 9.89 Å². The van der Waals surface area contributed by atoms with E-state index in [9.17, 15) is 4.79 Å². The van der Waals surface area contributed by atoms with Crippen molar-refractivity contribution >= 4 is 5.91 Å². The maximum absolute atomic E-state index is 11.7. The van der Waals surface area contributed by atoms with E-state index >= 15 is 0 Å². The summed E-state index contributed by atoms with van der Waals surface area (Å²) in [7, 11) is 2.01. The van der Waals surface area contributed by atoms with Gasteiger partial charge in [0.2, 0.25) is 5.91 Å². The summed E-state index contributed by atoms with van der Waals surface area (Å²) in [5.41, 5.74) is 0.921. The van der Waals surface area contributed by atoms with Gasteiger partial charge in [-0.1, -0.05) is 13.8 Å². The van der Waals surface area contributed by atoms with Crippen molar-refractivity contribution in [3.05, 3.63) is 18.0 Å². The molecule has 0 radical (unpaired) electrons. The molecule has 0 saturated heterocycles. The third-order valence-corrected chi connectivity index (χ3v) is 2.58. The van der Waals surface area contributed by atoms with Crippen LogP contribution in [0.5, 0.6) is 0 Å². The van der Waals surface area contributed by atoms with Crippen LogP contribution in [0.15, 0.2) is 12.3 Å². The fourth-order valence-corrected chi connectivity index (χ4v) is 1.42. The molecule has 1 rings (SSSR count). The normalized spacial score (nSPS) is 12.8. The average Bonchev–Trinajstić information content (AvgIpc) is 2.78. The molecule has 1 atom stereocenters. The molecule has 0 aromatic carbocycles. The molecule has 1 amide bonds. The highest BCUT2D eigenvalue weighted by Crippen LogP contribution is 1.99. The summed E-state index contributed by atoms with van der Waals surface area (Å²) in [4.78, 5) is 13.8. The lowest BCUT2D eigenvalue weighted by Crippen LogP contribution is -2.35. The molecule has 16 heavy (non-hydrogen) atoms. The fourth-order valence-electron chi connectivity index (χ4n) is 1.42. The Bertz CT molecular complexity index is 310. The summed E-state index contributed by atoms with van der Waals surface area (Å²) in [5.74, 6) is 0.0859. The first-order valence-electron chi connectivity index (χ1n) is 5.58. The van der Waals surface area contributed by atoms with E-state index in [1.807, 2.05) is 20.0 Å². The predicted octanol–water partition coefficient (Wildman–Crippen LogP) is 0.614. The number of hydrogen-bond acceptors (Lipinski definition) is 3. The predicted molar refractivity (Wildman–Crippen MR) is 62.8 cm³/mol. The third-order valence-electron chi connectivity index (χ3n) is 2.58. The van der Waals surface area contributed by atoms with Crippen LogP contribution in [-0.4, -0.2) is 41.1 Å². The maximum atomic E-state index is 11.7. The van der Waals surface area contributed by atoms with Gasteiger partial charge in [-0.2, -0.15) is 5.10 Å². The first-order chi connectivity index (χ1) is 7.63. The van der Waals surface area contributed by atoms with Crippen LogP contribution in [0, 0.1) is 5.92 Å². The van der Waals surface area contributed by atoms with Gasteiger partial charge in [-0.15, -0.1) is 0 Å². The lowest BCUT2D eigenvalue weighted by Gasteiger charge is -2.18. The van der Waals surface area contributed by atoms with Crippen molar-refractivity contribution in [3.63, 3.8) is 0 Å². The van der Waals surface area contributed by atoms with Crippen molar-refractivity contribution in [3.8, 4) is 0 Å². The monoisotopic (exact) mass is 224 g/mol. The minimum Gasteiger partial charge on any atom is -0.350 e. The summed E-state index contributed by atoms with van der Waals surface area (Å²) in [6.45, 7) is 6.27. The molecule has 0 aliphatic heterocycles. The molecule has 1 aromatic heterocycles. The molecule has 90 valence electrons. The molecule has 0 spiro atoms. The number of hydrogen-bond donors (Lipinski definition) is 2. The molecule has 0 unspecified atom stereocenters. The number of rotatable bonds is 6. The standard InChI is InChI=1S/C11H20N4O/c1-4-15(3)8-9(2)11(16)12-7-10-5-6-13-14-10/h5-6,9H,4,7-8H2,1-3H3,(H,12,16)(H,13,14)/t9-/m1/s1. The van der Waals surface area contributed by atoms with Gasteiger partial charge in [0.15, 0.2) is 0 Å². The maximum Gasteiger partial charge on any atom is 0.224 e. The second-order valence-corrected chi connectivity index (χ2v) is 4.06. The number of aromatic nitrogens is 2. The molecule has 1 aromatic rings.